The Hall–Kier alpha value is -2.40. The molecule has 0 N–H and O–H groups in total. The first kappa shape index (κ1) is 18.9. The van der Waals surface area contributed by atoms with Gasteiger partial charge < -0.3 is 9.32 Å². The van der Waals surface area contributed by atoms with E-state index in [0.717, 1.165) is 34.3 Å². The maximum Gasteiger partial charge on any atom is 0.253 e. The van der Waals surface area contributed by atoms with Gasteiger partial charge in [-0.15, -0.1) is 0 Å². The van der Waals surface area contributed by atoms with Crippen molar-refractivity contribution < 1.29 is 18.0 Å². The molecule has 6 heteroatoms. The van der Waals surface area contributed by atoms with Crippen molar-refractivity contribution in [1.82, 2.24) is 4.90 Å². The number of hydrogen-bond donors (Lipinski definition) is 0. The molecule has 1 aliphatic rings. The highest BCUT2D eigenvalue weighted by Gasteiger charge is 2.35. The lowest BCUT2D eigenvalue weighted by molar-refractivity contribution is -0.0494. The summed E-state index contributed by atoms with van der Waals surface area (Å²) in [6.45, 7) is 2.19. The molecule has 0 atom stereocenters. The van der Waals surface area contributed by atoms with E-state index in [1.807, 2.05) is 31.2 Å². The summed E-state index contributed by atoms with van der Waals surface area (Å²) in [6.07, 6.45) is 0.225. The molecule has 0 bridgehead atoms. The number of carbonyl (C=O) groups excluding carboxylic acids is 1. The van der Waals surface area contributed by atoms with Crippen molar-refractivity contribution in [1.29, 1.82) is 0 Å². The smallest absolute Gasteiger partial charge is 0.253 e. The summed E-state index contributed by atoms with van der Waals surface area (Å²) in [6, 6.07) is 12.9. The lowest BCUT2D eigenvalue weighted by Gasteiger charge is -2.31. The maximum atomic E-state index is 13.3. The monoisotopic (exact) mass is 403 g/mol. The summed E-state index contributed by atoms with van der Waals surface area (Å²) < 4.78 is 32.4. The van der Waals surface area contributed by atoms with Gasteiger partial charge in [0.2, 0.25) is 0 Å². The number of rotatable bonds is 3. The molecule has 2 aromatic carbocycles. The van der Waals surface area contributed by atoms with Crippen molar-refractivity contribution in [3.8, 4) is 11.1 Å². The van der Waals surface area contributed by atoms with Crippen molar-refractivity contribution in [3.05, 3.63) is 58.8 Å². The van der Waals surface area contributed by atoms with Gasteiger partial charge in [-0.25, -0.2) is 8.78 Å². The summed E-state index contributed by atoms with van der Waals surface area (Å²) in [5.41, 5.74) is 3.07. The highest BCUT2D eigenvalue weighted by atomic mass is 35.5. The van der Waals surface area contributed by atoms with Gasteiger partial charge in [0.25, 0.3) is 11.8 Å². The molecule has 0 unspecified atom stereocenters. The minimum absolute atomic E-state index is 0.0807. The van der Waals surface area contributed by atoms with Crippen LogP contribution < -0.4 is 0 Å². The zero-order valence-corrected chi connectivity index (χ0v) is 16.2. The molecule has 0 saturated carbocycles. The first-order valence-corrected chi connectivity index (χ1v) is 9.73. The molecule has 1 amide bonds. The van der Waals surface area contributed by atoms with E-state index in [4.69, 9.17) is 16.0 Å². The van der Waals surface area contributed by atoms with Crippen LogP contribution in [-0.4, -0.2) is 29.8 Å². The second kappa shape index (κ2) is 7.21. The van der Waals surface area contributed by atoms with Gasteiger partial charge in [0.05, 0.1) is 0 Å². The van der Waals surface area contributed by atoms with Crippen LogP contribution in [0, 0.1) is 0 Å². The third kappa shape index (κ3) is 3.63. The quantitative estimate of drug-likeness (QED) is 0.522. The van der Waals surface area contributed by atoms with Crippen LogP contribution in [0.5, 0.6) is 0 Å². The zero-order valence-electron chi connectivity index (χ0n) is 15.5. The number of furan rings is 1. The minimum Gasteiger partial charge on any atom is -0.461 e. The topological polar surface area (TPSA) is 33.5 Å². The number of hydrogen-bond acceptors (Lipinski definition) is 2. The number of aryl methyl sites for hydroxylation is 1. The van der Waals surface area contributed by atoms with Gasteiger partial charge in [-0.05, 0) is 35.4 Å². The summed E-state index contributed by atoms with van der Waals surface area (Å²) >= 11 is 6.25. The highest BCUT2D eigenvalue weighted by molar-refractivity contribution is 6.31. The average Bonchev–Trinajstić information content (AvgIpc) is 3.10. The van der Waals surface area contributed by atoms with Crippen molar-refractivity contribution in [2.75, 3.05) is 13.1 Å². The summed E-state index contributed by atoms with van der Waals surface area (Å²) in [4.78, 5) is 14.1. The molecule has 2 heterocycles. The van der Waals surface area contributed by atoms with E-state index in [-0.39, 0.29) is 31.8 Å². The second-order valence-electron chi connectivity index (χ2n) is 7.16. The molecule has 4 rings (SSSR count). The zero-order chi connectivity index (χ0) is 19.9. The Morgan fingerprint density at radius 3 is 2.46 bits per heavy atom. The first-order chi connectivity index (χ1) is 13.4. The van der Waals surface area contributed by atoms with Crippen LogP contribution in [0.15, 0.2) is 46.9 Å². The fourth-order valence-corrected chi connectivity index (χ4v) is 3.79. The molecule has 3 aromatic rings. The number of likely N-dealkylation sites (tertiary alicyclic amines) is 1. The number of fused-ring (bicyclic) bond motifs is 1. The van der Waals surface area contributed by atoms with Gasteiger partial charge in [0.15, 0.2) is 0 Å². The number of halogens is 3. The highest BCUT2D eigenvalue weighted by Crippen LogP contribution is 2.35. The SMILES string of the molecule is CCc1cc2c(-c3ccc(C(=O)N4CCC(F)(F)CC4)cc3)cc(Cl)cc2o1. The first-order valence-electron chi connectivity index (χ1n) is 9.36. The van der Waals surface area contributed by atoms with E-state index in [0.29, 0.717) is 10.6 Å². The van der Waals surface area contributed by atoms with Crippen LogP contribution in [0.2, 0.25) is 5.02 Å². The molecule has 3 nitrogen and oxygen atoms in total. The van der Waals surface area contributed by atoms with Crippen LogP contribution in [0.25, 0.3) is 22.1 Å². The number of carbonyl (C=O) groups is 1. The standard InChI is InChI=1S/C22H20ClF2NO2/c1-2-17-13-19-18(11-16(23)12-20(19)28-17)14-3-5-15(6-4-14)21(27)26-9-7-22(24,25)8-10-26/h3-6,11-13H,2,7-10H2,1H3. The summed E-state index contributed by atoms with van der Waals surface area (Å²) in [5.74, 6) is -2.00. The Labute approximate surface area is 166 Å². The van der Waals surface area contributed by atoms with E-state index in [1.54, 1.807) is 18.2 Å². The number of benzene rings is 2. The number of piperidine rings is 1. The Balaban J connectivity index is 1.61. The number of alkyl halides is 2. The lowest BCUT2D eigenvalue weighted by Crippen LogP contribution is -2.42. The van der Waals surface area contributed by atoms with E-state index < -0.39 is 5.92 Å². The Kier molecular flexibility index (Phi) is 4.88. The third-order valence-corrected chi connectivity index (χ3v) is 5.44. The number of nitrogens with zero attached hydrogens (tertiary/aromatic N) is 1. The van der Waals surface area contributed by atoms with Gasteiger partial charge in [0.1, 0.15) is 11.3 Å². The molecule has 1 saturated heterocycles. The van der Waals surface area contributed by atoms with Crippen molar-refractivity contribution in [3.63, 3.8) is 0 Å². The molecular formula is C22H20ClF2NO2. The average molecular weight is 404 g/mol. The van der Waals surface area contributed by atoms with Crippen LogP contribution in [0.1, 0.15) is 35.9 Å². The molecule has 146 valence electrons. The predicted molar refractivity (Wildman–Crippen MR) is 106 cm³/mol. The van der Waals surface area contributed by atoms with Gasteiger partial charge in [-0.3, -0.25) is 4.79 Å². The molecule has 1 aliphatic heterocycles. The van der Waals surface area contributed by atoms with Crippen LogP contribution in [0.3, 0.4) is 0 Å². The van der Waals surface area contributed by atoms with E-state index in [9.17, 15) is 13.6 Å². The molecule has 1 fully saturated rings. The molecular weight excluding hydrogens is 384 g/mol. The second-order valence-corrected chi connectivity index (χ2v) is 7.59. The minimum atomic E-state index is -2.67. The normalized spacial score (nSPS) is 16.5. The lowest BCUT2D eigenvalue weighted by atomic mass is 9.99. The molecule has 28 heavy (non-hydrogen) atoms. The van der Waals surface area contributed by atoms with Gasteiger partial charge >= 0.3 is 0 Å². The van der Waals surface area contributed by atoms with Crippen molar-refractivity contribution in [2.45, 2.75) is 32.1 Å². The van der Waals surface area contributed by atoms with E-state index in [2.05, 4.69) is 0 Å². The van der Waals surface area contributed by atoms with Crippen LogP contribution in [0.4, 0.5) is 8.78 Å². The molecule has 0 aliphatic carbocycles. The van der Waals surface area contributed by atoms with Crippen LogP contribution >= 0.6 is 11.6 Å². The van der Waals surface area contributed by atoms with E-state index in [1.165, 1.54) is 4.90 Å². The Morgan fingerprint density at radius 1 is 1.14 bits per heavy atom. The van der Waals surface area contributed by atoms with E-state index >= 15 is 0 Å². The fourth-order valence-electron chi connectivity index (χ4n) is 3.58. The third-order valence-electron chi connectivity index (χ3n) is 5.23. The Morgan fingerprint density at radius 2 is 1.82 bits per heavy atom. The summed E-state index contributed by atoms with van der Waals surface area (Å²) in [5, 5.41) is 1.55. The van der Waals surface area contributed by atoms with Crippen LogP contribution in [-0.2, 0) is 6.42 Å². The van der Waals surface area contributed by atoms with Crippen molar-refractivity contribution >= 4 is 28.5 Å². The van der Waals surface area contributed by atoms with Gasteiger partial charge in [-0.2, -0.15) is 0 Å². The molecule has 0 radical (unpaired) electrons. The molecule has 0 spiro atoms. The number of amides is 1. The van der Waals surface area contributed by atoms with Crippen molar-refractivity contribution in [2.24, 2.45) is 0 Å². The predicted octanol–water partition coefficient (Wildman–Crippen LogP) is 6.19. The maximum absolute atomic E-state index is 13.3. The Bertz CT molecular complexity index is 1020. The summed E-state index contributed by atoms with van der Waals surface area (Å²) in [7, 11) is 0. The fraction of sp³-hybridized carbons (Fsp3) is 0.318. The molecule has 1 aromatic heterocycles. The van der Waals surface area contributed by atoms with Gasteiger partial charge in [0, 0.05) is 54.4 Å². The largest absolute Gasteiger partial charge is 0.461 e. The van der Waals surface area contributed by atoms with Gasteiger partial charge in [-0.1, -0.05) is 30.7 Å².